The number of hydrogen-bond donors (Lipinski definition) is 1. The molecule has 0 heterocycles. The quantitative estimate of drug-likeness (QED) is 0.377. The minimum Gasteiger partial charge on any atom is -0.479 e. The zero-order valence-corrected chi connectivity index (χ0v) is 18.9. The molecule has 0 aromatic carbocycles. The molecule has 10 nitrogen and oxygen atoms in total. The molecule has 0 aromatic rings. The SMILES string of the molecule is CC(C)C(=O)O[C@@H](C)C(=O)O[C@@H](C)C(=O)O[C@@H](C)C(=O)O[C@@H](C)C(=O)O.[Y]. The Hall–Kier alpha value is -1.55. The van der Waals surface area contributed by atoms with Crippen molar-refractivity contribution in [1.82, 2.24) is 0 Å². The van der Waals surface area contributed by atoms with Gasteiger partial charge in [0.15, 0.2) is 24.4 Å². The van der Waals surface area contributed by atoms with Crippen LogP contribution in [0.15, 0.2) is 0 Å². The Morgan fingerprint density at radius 1 is 0.556 bits per heavy atom. The van der Waals surface area contributed by atoms with Crippen molar-refractivity contribution in [3.8, 4) is 0 Å². The molecule has 0 aliphatic heterocycles. The second-order valence-corrected chi connectivity index (χ2v) is 5.81. The molecular weight excluding hydrogens is 441 g/mol. The Kier molecular flexibility index (Phi) is 13.1. The molecular formula is C16H24O10Y. The minimum absolute atomic E-state index is 0. The first-order chi connectivity index (χ1) is 11.9. The molecule has 0 amide bonds. The molecule has 1 radical (unpaired) electrons. The van der Waals surface area contributed by atoms with Crippen LogP contribution in [0, 0.1) is 5.92 Å². The third-order valence-corrected chi connectivity index (χ3v) is 2.99. The average Bonchev–Trinajstić information content (AvgIpc) is 2.53. The van der Waals surface area contributed by atoms with Crippen molar-refractivity contribution in [1.29, 1.82) is 0 Å². The van der Waals surface area contributed by atoms with E-state index >= 15 is 0 Å². The van der Waals surface area contributed by atoms with Crippen molar-refractivity contribution >= 4 is 29.8 Å². The Bertz CT molecular complexity index is 559. The Labute approximate surface area is 182 Å². The van der Waals surface area contributed by atoms with Gasteiger partial charge in [0.1, 0.15) is 0 Å². The van der Waals surface area contributed by atoms with Gasteiger partial charge in [0.2, 0.25) is 0 Å². The molecule has 0 fully saturated rings. The molecule has 0 rings (SSSR count). The molecule has 1 N–H and O–H groups in total. The zero-order chi connectivity index (χ0) is 20.6. The normalized spacial score (nSPS) is 14.6. The fraction of sp³-hybridized carbons (Fsp3) is 0.688. The monoisotopic (exact) mass is 465 g/mol. The molecule has 0 unspecified atom stereocenters. The molecule has 11 heteroatoms. The molecule has 0 saturated heterocycles. The second-order valence-electron chi connectivity index (χ2n) is 5.81. The number of ether oxygens (including phenoxy) is 4. The molecule has 4 atom stereocenters. The fourth-order valence-electron chi connectivity index (χ4n) is 1.32. The van der Waals surface area contributed by atoms with E-state index in [2.05, 4.69) is 4.74 Å². The van der Waals surface area contributed by atoms with E-state index < -0.39 is 60.2 Å². The number of esters is 4. The minimum atomic E-state index is -1.41. The van der Waals surface area contributed by atoms with Gasteiger partial charge in [0.25, 0.3) is 0 Å². The van der Waals surface area contributed by atoms with Crippen molar-refractivity contribution in [2.24, 2.45) is 5.92 Å². The molecule has 0 aliphatic rings. The van der Waals surface area contributed by atoms with Crippen molar-refractivity contribution in [2.75, 3.05) is 0 Å². The molecule has 0 aromatic heterocycles. The van der Waals surface area contributed by atoms with Gasteiger partial charge in [-0.1, -0.05) is 13.8 Å². The first-order valence-electron chi connectivity index (χ1n) is 7.91. The number of aliphatic carboxylic acids is 1. The van der Waals surface area contributed by atoms with Crippen molar-refractivity contribution in [2.45, 2.75) is 66.0 Å². The van der Waals surface area contributed by atoms with Gasteiger partial charge >= 0.3 is 29.8 Å². The maximum absolute atomic E-state index is 11.8. The van der Waals surface area contributed by atoms with Crippen LogP contribution in [0.2, 0.25) is 0 Å². The van der Waals surface area contributed by atoms with E-state index in [0.29, 0.717) is 0 Å². The Morgan fingerprint density at radius 2 is 0.815 bits per heavy atom. The summed E-state index contributed by atoms with van der Waals surface area (Å²) in [5, 5.41) is 8.65. The first kappa shape index (κ1) is 27.7. The smallest absolute Gasteiger partial charge is 0.347 e. The van der Waals surface area contributed by atoms with E-state index in [1.165, 1.54) is 20.8 Å². The summed E-state index contributed by atoms with van der Waals surface area (Å²) < 4.78 is 19.0. The third kappa shape index (κ3) is 10.4. The number of carboxylic acid groups (broad SMARTS) is 1. The molecule has 0 spiro atoms. The number of carbonyl (C=O) groups excluding carboxylic acids is 4. The molecule has 27 heavy (non-hydrogen) atoms. The van der Waals surface area contributed by atoms with Crippen LogP contribution in [0.1, 0.15) is 41.5 Å². The van der Waals surface area contributed by atoms with Crippen LogP contribution in [0.3, 0.4) is 0 Å². The molecule has 0 saturated carbocycles. The number of carbonyl (C=O) groups is 5. The van der Waals surface area contributed by atoms with Crippen LogP contribution in [0.5, 0.6) is 0 Å². The summed E-state index contributed by atoms with van der Waals surface area (Å²) in [6.45, 7) is 7.98. The summed E-state index contributed by atoms with van der Waals surface area (Å²) in [6, 6.07) is 0. The summed E-state index contributed by atoms with van der Waals surface area (Å²) >= 11 is 0. The van der Waals surface area contributed by atoms with Gasteiger partial charge in [0.05, 0.1) is 5.92 Å². The summed E-state index contributed by atoms with van der Waals surface area (Å²) in [5.74, 6) is -5.47. The van der Waals surface area contributed by atoms with Gasteiger partial charge in [-0.2, -0.15) is 0 Å². The largest absolute Gasteiger partial charge is 0.479 e. The van der Waals surface area contributed by atoms with Gasteiger partial charge in [-0.15, -0.1) is 0 Å². The van der Waals surface area contributed by atoms with Crippen LogP contribution >= 0.6 is 0 Å². The van der Waals surface area contributed by atoms with Crippen molar-refractivity contribution in [3.63, 3.8) is 0 Å². The summed E-state index contributed by atoms with van der Waals surface area (Å²) in [7, 11) is 0. The van der Waals surface area contributed by atoms with Crippen LogP contribution in [0.4, 0.5) is 0 Å². The standard InChI is InChI=1S/C16H24O10.Y/c1-7(2)13(19)24-9(4)15(21)26-11(6)16(22)25-10(5)14(20)23-8(3)12(17)18;/h7-11H,1-6H3,(H,17,18);/t8-,9-,10-,11-;/m0./s1. The molecule has 0 bridgehead atoms. The van der Waals surface area contributed by atoms with E-state index in [4.69, 9.17) is 19.3 Å². The second kappa shape index (κ2) is 12.8. The number of carboxylic acids is 1. The zero-order valence-electron chi connectivity index (χ0n) is 16.1. The van der Waals surface area contributed by atoms with Gasteiger partial charge in [-0.3, -0.25) is 4.79 Å². The van der Waals surface area contributed by atoms with E-state index in [1.54, 1.807) is 13.8 Å². The van der Waals surface area contributed by atoms with Gasteiger partial charge in [0, 0.05) is 32.7 Å². The predicted octanol–water partition coefficient (Wildman–Crippen LogP) is 0.451. The van der Waals surface area contributed by atoms with Gasteiger partial charge in [-0.25, -0.2) is 19.2 Å². The predicted molar refractivity (Wildman–Crippen MR) is 84.7 cm³/mol. The van der Waals surface area contributed by atoms with E-state index in [-0.39, 0.29) is 32.7 Å². The topological polar surface area (TPSA) is 143 Å². The Balaban J connectivity index is 0. The summed E-state index contributed by atoms with van der Waals surface area (Å²) in [6.07, 6.45) is -5.41. The van der Waals surface area contributed by atoms with Gasteiger partial charge < -0.3 is 24.1 Å². The molecule has 0 aliphatic carbocycles. The third-order valence-electron chi connectivity index (χ3n) is 2.99. The molecule has 151 valence electrons. The van der Waals surface area contributed by atoms with E-state index in [9.17, 15) is 24.0 Å². The summed E-state index contributed by atoms with van der Waals surface area (Å²) in [4.78, 5) is 57.3. The van der Waals surface area contributed by atoms with Crippen molar-refractivity contribution < 1.29 is 80.7 Å². The number of hydrogen-bond acceptors (Lipinski definition) is 9. The van der Waals surface area contributed by atoms with Crippen LogP contribution in [-0.2, 0) is 75.6 Å². The first-order valence-corrected chi connectivity index (χ1v) is 7.91. The van der Waals surface area contributed by atoms with Crippen molar-refractivity contribution in [3.05, 3.63) is 0 Å². The van der Waals surface area contributed by atoms with Crippen LogP contribution in [0.25, 0.3) is 0 Å². The van der Waals surface area contributed by atoms with E-state index in [0.717, 1.165) is 6.92 Å². The maximum Gasteiger partial charge on any atom is 0.347 e. The van der Waals surface area contributed by atoms with Gasteiger partial charge in [-0.05, 0) is 27.7 Å². The fourth-order valence-corrected chi connectivity index (χ4v) is 1.32. The van der Waals surface area contributed by atoms with Crippen LogP contribution < -0.4 is 0 Å². The van der Waals surface area contributed by atoms with E-state index in [1.807, 2.05) is 0 Å². The number of rotatable bonds is 9. The maximum atomic E-state index is 11.8. The summed E-state index contributed by atoms with van der Waals surface area (Å²) in [5.41, 5.74) is 0. The average molecular weight is 465 g/mol. The Morgan fingerprint density at radius 3 is 1.07 bits per heavy atom. The van der Waals surface area contributed by atoms with Crippen LogP contribution in [-0.4, -0.2) is 59.4 Å².